The van der Waals surface area contributed by atoms with Crippen LogP contribution in [0.1, 0.15) is 28.3 Å². The van der Waals surface area contributed by atoms with Crippen molar-refractivity contribution in [3.8, 4) is 0 Å². The summed E-state index contributed by atoms with van der Waals surface area (Å²) in [7, 11) is 0. The molecule has 2 aromatic heterocycles. The summed E-state index contributed by atoms with van der Waals surface area (Å²) in [5.74, 6) is 0. The lowest BCUT2D eigenvalue weighted by molar-refractivity contribution is 0.670. The average molecular weight is 253 g/mol. The second-order valence-electron chi connectivity index (χ2n) is 3.55. The highest BCUT2D eigenvalue weighted by Crippen LogP contribution is 2.10. The van der Waals surface area contributed by atoms with Crippen molar-refractivity contribution >= 4 is 22.7 Å². The van der Waals surface area contributed by atoms with E-state index in [0.29, 0.717) is 0 Å². The topological polar surface area (TPSA) is 37.8 Å². The first-order valence-corrected chi connectivity index (χ1v) is 7.09. The molecule has 0 radical (unpaired) electrons. The molecule has 0 unspecified atom stereocenters. The maximum Gasteiger partial charge on any atom is 0.0926 e. The summed E-state index contributed by atoms with van der Waals surface area (Å²) < 4.78 is 0. The molecule has 0 amide bonds. The van der Waals surface area contributed by atoms with Crippen LogP contribution in [0.2, 0.25) is 0 Å². The van der Waals surface area contributed by atoms with Crippen LogP contribution in [-0.4, -0.2) is 9.97 Å². The monoisotopic (exact) mass is 253 g/mol. The van der Waals surface area contributed by atoms with Gasteiger partial charge in [-0.05, 0) is 13.3 Å². The van der Waals surface area contributed by atoms with Gasteiger partial charge < -0.3 is 5.32 Å². The van der Waals surface area contributed by atoms with Crippen molar-refractivity contribution in [1.82, 2.24) is 15.3 Å². The van der Waals surface area contributed by atoms with Crippen molar-refractivity contribution in [3.05, 3.63) is 32.2 Å². The Morgan fingerprint density at radius 2 is 1.81 bits per heavy atom. The number of nitrogens with one attached hydrogen (secondary N) is 1. The van der Waals surface area contributed by atoms with Gasteiger partial charge in [0.25, 0.3) is 0 Å². The third-order valence-corrected chi connectivity index (χ3v) is 4.04. The molecule has 2 rings (SSSR count). The Bertz CT molecular complexity index is 448. The van der Waals surface area contributed by atoms with Crippen molar-refractivity contribution in [3.63, 3.8) is 0 Å². The zero-order valence-corrected chi connectivity index (χ0v) is 11.1. The van der Waals surface area contributed by atoms with E-state index in [2.05, 4.69) is 33.0 Å². The normalized spacial score (nSPS) is 10.9. The van der Waals surface area contributed by atoms with Gasteiger partial charge in [-0.25, -0.2) is 9.97 Å². The molecule has 0 saturated carbocycles. The molecule has 3 nitrogen and oxygen atoms in total. The summed E-state index contributed by atoms with van der Waals surface area (Å²) in [6.45, 7) is 5.81. The SMILES string of the molecule is CCc1nc(CNCc2csc(C)n2)cs1. The summed E-state index contributed by atoms with van der Waals surface area (Å²) in [6.07, 6.45) is 1.02. The fourth-order valence-electron chi connectivity index (χ4n) is 1.40. The van der Waals surface area contributed by atoms with Gasteiger partial charge in [-0.3, -0.25) is 0 Å². The van der Waals surface area contributed by atoms with Gasteiger partial charge in [-0.1, -0.05) is 6.92 Å². The lowest BCUT2D eigenvalue weighted by Gasteiger charge is -1.98. The van der Waals surface area contributed by atoms with E-state index in [0.717, 1.165) is 35.9 Å². The van der Waals surface area contributed by atoms with Crippen molar-refractivity contribution in [2.24, 2.45) is 0 Å². The van der Waals surface area contributed by atoms with E-state index in [1.807, 2.05) is 6.92 Å². The predicted molar refractivity (Wildman–Crippen MR) is 68.9 cm³/mol. The zero-order valence-electron chi connectivity index (χ0n) is 9.49. The van der Waals surface area contributed by atoms with Gasteiger partial charge in [-0.2, -0.15) is 0 Å². The van der Waals surface area contributed by atoms with E-state index in [1.165, 1.54) is 5.01 Å². The van der Waals surface area contributed by atoms with Crippen LogP contribution >= 0.6 is 22.7 Å². The molecule has 2 aromatic rings. The molecule has 0 aliphatic carbocycles. The van der Waals surface area contributed by atoms with Crippen LogP contribution in [-0.2, 0) is 19.5 Å². The third-order valence-electron chi connectivity index (χ3n) is 2.18. The fraction of sp³-hybridized carbons (Fsp3) is 0.455. The first-order chi connectivity index (χ1) is 7.78. The van der Waals surface area contributed by atoms with Crippen molar-refractivity contribution in [2.75, 3.05) is 0 Å². The molecule has 1 N–H and O–H groups in total. The fourth-order valence-corrected chi connectivity index (χ4v) is 2.76. The first-order valence-electron chi connectivity index (χ1n) is 5.33. The second-order valence-corrected chi connectivity index (χ2v) is 5.55. The summed E-state index contributed by atoms with van der Waals surface area (Å²) in [5, 5.41) is 9.91. The summed E-state index contributed by atoms with van der Waals surface area (Å²) >= 11 is 3.43. The minimum Gasteiger partial charge on any atom is -0.305 e. The van der Waals surface area contributed by atoms with E-state index in [4.69, 9.17) is 0 Å². The van der Waals surface area contributed by atoms with Gasteiger partial charge in [0.2, 0.25) is 0 Å². The van der Waals surface area contributed by atoms with Crippen LogP contribution in [0.5, 0.6) is 0 Å². The number of nitrogens with zero attached hydrogens (tertiary/aromatic N) is 2. The van der Waals surface area contributed by atoms with Crippen molar-refractivity contribution in [1.29, 1.82) is 0 Å². The molecular weight excluding hydrogens is 238 g/mol. The quantitative estimate of drug-likeness (QED) is 0.890. The number of rotatable bonds is 5. The summed E-state index contributed by atoms with van der Waals surface area (Å²) in [5.41, 5.74) is 2.25. The van der Waals surface area contributed by atoms with E-state index < -0.39 is 0 Å². The number of aromatic nitrogens is 2. The minimum absolute atomic E-state index is 0.823. The molecule has 0 aromatic carbocycles. The Morgan fingerprint density at radius 1 is 1.12 bits per heavy atom. The maximum atomic E-state index is 4.50. The van der Waals surface area contributed by atoms with Crippen LogP contribution in [0, 0.1) is 6.92 Å². The molecule has 0 aliphatic heterocycles. The Hall–Kier alpha value is -0.780. The van der Waals surface area contributed by atoms with Crippen LogP contribution in [0.3, 0.4) is 0 Å². The third kappa shape index (κ3) is 3.10. The average Bonchev–Trinajstić information content (AvgIpc) is 2.88. The Balaban J connectivity index is 1.79. The zero-order chi connectivity index (χ0) is 11.4. The highest BCUT2D eigenvalue weighted by Gasteiger charge is 2.01. The Kier molecular flexibility index (Phi) is 4.04. The van der Waals surface area contributed by atoms with Crippen LogP contribution < -0.4 is 5.32 Å². The smallest absolute Gasteiger partial charge is 0.0926 e. The molecule has 5 heteroatoms. The largest absolute Gasteiger partial charge is 0.305 e. The molecule has 16 heavy (non-hydrogen) atoms. The number of aryl methyl sites for hydroxylation is 2. The Morgan fingerprint density at radius 3 is 2.38 bits per heavy atom. The number of thiazole rings is 2. The minimum atomic E-state index is 0.823. The van der Waals surface area contributed by atoms with Gasteiger partial charge in [-0.15, -0.1) is 22.7 Å². The lowest BCUT2D eigenvalue weighted by atomic mass is 10.4. The highest BCUT2D eigenvalue weighted by molar-refractivity contribution is 7.09. The molecule has 0 bridgehead atoms. The van der Waals surface area contributed by atoms with Gasteiger partial charge >= 0.3 is 0 Å². The van der Waals surface area contributed by atoms with E-state index in [1.54, 1.807) is 22.7 Å². The van der Waals surface area contributed by atoms with Crippen LogP contribution in [0.15, 0.2) is 10.8 Å². The van der Waals surface area contributed by atoms with Gasteiger partial charge in [0.15, 0.2) is 0 Å². The standard InChI is InChI=1S/C11H15N3S2/c1-3-11-14-10(7-16-11)5-12-4-9-6-15-8(2)13-9/h6-7,12H,3-5H2,1-2H3. The molecule has 0 aliphatic rings. The lowest BCUT2D eigenvalue weighted by Crippen LogP contribution is -2.13. The number of hydrogen-bond donors (Lipinski definition) is 1. The van der Waals surface area contributed by atoms with Gasteiger partial charge in [0.1, 0.15) is 0 Å². The van der Waals surface area contributed by atoms with E-state index in [-0.39, 0.29) is 0 Å². The molecule has 0 spiro atoms. The molecule has 0 fully saturated rings. The summed E-state index contributed by atoms with van der Waals surface area (Å²) in [4.78, 5) is 8.90. The van der Waals surface area contributed by atoms with Gasteiger partial charge in [0, 0.05) is 23.8 Å². The highest BCUT2D eigenvalue weighted by atomic mass is 32.1. The van der Waals surface area contributed by atoms with Gasteiger partial charge in [0.05, 0.1) is 21.4 Å². The van der Waals surface area contributed by atoms with E-state index in [9.17, 15) is 0 Å². The van der Waals surface area contributed by atoms with Crippen molar-refractivity contribution in [2.45, 2.75) is 33.4 Å². The van der Waals surface area contributed by atoms with Crippen LogP contribution in [0.25, 0.3) is 0 Å². The molecule has 0 atom stereocenters. The van der Waals surface area contributed by atoms with Crippen LogP contribution in [0.4, 0.5) is 0 Å². The molecule has 0 saturated heterocycles. The predicted octanol–water partition coefficient (Wildman–Crippen LogP) is 2.76. The second kappa shape index (κ2) is 5.52. The maximum absolute atomic E-state index is 4.50. The first kappa shape index (κ1) is 11.7. The summed E-state index contributed by atoms with van der Waals surface area (Å²) in [6, 6.07) is 0. The van der Waals surface area contributed by atoms with E-state index >= 15 is 0 Å². The molecule has 86 valence electrons. The van der Waals surface area contributed by atoms with Crippen molar-refractivity contribution < 1.29 is 0 Å². The number of hydrogen-bond acceptors (Lipinski definition) is 5. The molecular formula is C11H15N3S2. The Labute approximate surface area is 104 Å². The molecule has 2 heterocycles.